The van der Waals surface area contributed by atoms with Gasteiger partial charge >= 0.3 is 18.1 Å². The third-order valence-corrected chi connectivity index (χ3v) is 3.19. The van der Waals surface area contributed by atoms with Crippen molar-refractivity contribution in [2.45, 2.75) is 77.3 Å². The second-order valence-electron chi connectivity index (χ2n) is 5.47. The maximum absolute atomic E-state index is 11.8. The van der Waals surface area contributed by atoms with Crippen molar-refractivity contribution in [2.75, 3.05) is 13.2 Å². The van der Waals surface area contributed by atoms with Gasteiger partial charge in [0, 0.05) is 0 Å². The molecule has 0 rings (SSSR count). The lowest BCUT2D eigenvalue weighted by Gasteiger charge is -2.08. The summed E-state index contributed by atoms with van der Waals surface area (Å²) in [5.74, 6) is -1.64. The molecule has 0 unspecified atom stereocenters. The molecular formula is C16H27F3O4. The van der Waals surface area contributed by atoms with E-state index in [1.807, 2.05) is 0 Å². The lowest BCUT2D eigenvalue weighted by molar-refractivity contribution is -0.186. The van der Waals surface area contributed by atoms with Gasteiger partial charge in [-0.05, 0) is 6.42 Å². The number of carbonyl (C=O) groups excluding carboxylic acids is 2. The minimum Gasteiger partial charge on any atom is -0.466 e. The first-order chi connectivity index (χ1) is 10.8. The van der Waals surface area contributed by atoms with E-state index in [1.165, 1.54) is 32.1 Å². The van der Waals surface area contributed by atoms with Crippen LogP contribution in [0.5, 0.6) is 0 Å². The van der Waals surface area contributed by atoms with Crippen LogP contribution in [0.25, 0.3) is 0 Å². The van der Waals surface area contributed by atoms with Gasteiger partial charge < -0.3 is 9.47 Å². The fraction of sp³-hybridized carbons (Fsp3) is 0.875. The third kappa shape index (κ3) is 16.9. The van der Waals surface area contributed by atoms with Crippen molar-refractivity contribution in [3.05, 3.63) is 0 Å². The standard InChI is InChI=1S/C16H27F3O4/c1-2-3-4-5-6-7-8-9-12-22-14(20)10-11-15(21)23-13-16(17,18)19/h2-13H2,1H3. The quantitative estimate of drug-likeness (QED) is 0.364. The predicted octanol–water partition coefficient (Wildman–Crippen LogP) is 4.56. The molecule has 0 aromatic carbocycles. The van der Waals surface area contributed by atoms with Crippen LogP contribution in [-0.2, 0) is 19.1 Å². The fourth-order valence-electron chi connectivity index (χ4n) is 1.93. The Bertz CT molecular complexity index is 330. The highest BCUT2D eigenvalue weighted by atomic mass is 19.4. The van der Waals surface area contributed by atoms with E-state index in [0.717, 1.165) is 19.3 Å². The number of unbranched alkanes of at least 4 members (excludes halogenated alkanes) is 7. The molecule has 0 atom stereocenters. The van der Waals surface area contributed by atoms with Crippen molar-refractivity contribution in [3.63, 3.8) is 0 Å². The van der Waals surface area contributed by atoms with Crippen LogP contribution < -0.4 is 0 Å². The van der Waals surface area contributed by atoms with E-state index in [2.05, 4.69) is 11.7 Å². The van der Waals surface area contributed by atoms with Gasteiger partial charge in [0.1, 0.15) is 0 Å². The van der Waals surface area contributed by atoms with Crippen molar-refractivity contribution >= 4 is 11.9 Å². The van der Waals surface area contributed by atoms with Gasteiger partial charge in [0.2, 0.25) is 0 Å². The third-order valence-electron chi connectivity index (χ3n) is 3.19. The molecular weight excluding hydrogens is 313 g/mol. The van der Waals surface area contributed by atoms with Crippen LogP contribution >= 0.6 is 0 Å². The summed E-state index contributed by atoms with van der Waals surface area (Å²) in [5, 5.41) is 0. The number of rotatable bonds is 13. The van der Waals surface area contributed by atoms with Gasteiger partial charge in [-0.25, -0.2) is 0 Å². The Balaban J connectivity index is 3.42. The van der Waals surface area contributed by atoms with Crippen molar-refractivity contribution in [1.29, 1.82) is 0 Å². The molecule has 0 saturated carbocycles. The monoisotopic (exact) mass is 340 g/mol. The molecule has 0 aliphatic rings. The number of carbonyl (C=O) groups is 2. The summed E-state index contributed by atoms with van der Waals surface area (Å²) in [6.07, 6.45) is 3.80. The number of halogens is 3. The molecule has 23 heavy (non-hydrogen) atoms. The molecule has 0 radical (unpaired) electrons. The van der Waals surface area contributed by atoms with Crippen LogP contribution in [0.3, 0.4) is 0 Å². The van der Waals surface area contributed by atoms with Crippen LogP contribution in [0.1, 0.15) is 71.1 Å². The molecule has 4 nitrogen and oxygen atoms in total. The number of ether oxygens (including phenoxy) is 2. The minimum atomic E-state index is -4.55. The van der Waals surface area contributed by atoms with Crippen molar-refractivity contribution < 1.29 is 32.2 Å². The molecule has 0 heterocycles. The zero-order valence-electron chi connectivity index (χ0n) is 13.8. The van der Waals surface area contributed by atoms with Gasteiger partial charge in [0.25, 0.3) is 0 Å². The first-order valence-electron chi connectivity index (χ1n) is 8.23. The van der Waals surface area contributed by atoms with E-state index in [9.17, 15) is 22.8 Å². The Morgan fingerprint density at radius 2 is 1.26 bits per heavy atom. The average molecular weight is 340 g/mol. The van der Waals surface area contributed by atoms with Gasteiger partial charge in [0.05, 0.1) is 19.4 Å². The van der Waals surface area contributed by atoms with Gasteiger partial charge in [-0.15, -0.1) is 0 Å². The summed E-state index contributed by atoms with van der Waals surface area (Å²) in [4.78, 5) is 22.3. The van der Waals surface area contributed by atoms with Crippen molar-refractivity contribution in [3.8, 4) is 0 Å². The molecule has 0 aliphatic carbocycles. The highest BCUT2D eigenvalue weighted by Gasteiger charge is 2.29. The normalized spacial score (nSPS) is 11.3. The largest absolute Gasteiger partial charge is 0.466 e. The zero-order valence-corrected chi connectivity index (χ0v) is 13.8. The second kappa shape index (κ2) is 13.2. The highest BCUT2D eigenvalue weighted by molar-refractivity contribution is 5.77. The lowest BCUT2D eigenvalue weighted by Crippen LogP contribution is -2.20. The van der Waals surface area contributed by atoms with Crippen LogP contribution in [0, 0.1) is 0 Å². The van der Waals surface area contributed by atoms with E-state index in [-0.39, 0.29) is 13.0 Å². The summed E-state index contributed by atoms with van der Waals surface area (Å²) in [7, 11) is 0. The summed E-state index contributed by atoms with van der Waals surface area (Å²) in [6.45, 7) is 0.828. The second-order valence-corrected chi connectivity index (χ2v) is 5.47. The SMILES string of the molecule is CCCCCCCCCCOC(=O)CCC(=O)OCC(F)(F)F. The summed E-state index contributed by atoms with van der Waals surface area (Å²) >= 11 is 0. The maximum Gasteiger partial charge on any atom is 0.422 e. The molecule has 0 amide bonds. The highest BCUT2D eigenvalue weighted by Crippen LogP contribution is 2.15. The Morgan fingerprint density at radius 1 is 0.783 bits per heavy atom. The Labute approximate surface area is 135 Å². The van der Waals surface area contributed by atoms with Gasteiger partial charge in [-0.3, -0.25) is 9.59 Å². The van der Waals surface area contributed by atoms with E-state index in [4.69, 9.17) is 4.74 Å². The average Bonchev–Trinajstić information content (AvgIpc) is 2.48. The summed E-state index contributed by atoms with van der Waals surface area (Å²) < 4.78 is 44.3. The lowest BCUT2D eigenvalue weighted by atomic mass is 10.1. The van der Waals surface area contributed by atoms with Crippen molar-refractivity contribution in [1.82, 2.24) is 0 Å². The fourth-order valence-corrected chi connectivity index (χ4v) is 1.93. The van der Waals surface area contributed by atoms with E-state index >= 15 is 0 Å². The number of hydrogen-bond acceptors (Lipinski definition) is 4. The van der Waals surface area contributed by atoms with Crippen LogP contribution in [0.2, 0.25) is 0 Å². The zero-order chi connectivity index (χ0) is 17.6. The minimum absolute atomic E-state index is 0.256. The molecule has 0 spiro atoms. The van der Waals surface area contributed by atoms with E-state index in [1.54, 1.807) is 0 Å². The van der Waals surface area contributed by atoms with Gasteiger partial charge in [-0.2, -0.15) is 13.2 Å². The summed E-state index contributed by atoms with van der Waals surface area (Å²) in [6, 6.07) is 0. The molecule has 136 valence electrons. The van der Waals surface area contributed by atoms with E-state index < -0.39 is 31.1 Å². The molecule has 0 fully saturated rings. The smallest absolute Gasteiger partial charge is 0.422 e. The molecule has 0 aromatic heterocycles. The Hall–Kier alpha value is -1.27. The number of alkyl halides is 3. The first kappa shape index (κ1) is 21.7. The Morgan fingerprint density at radius 3 is 1.78 bits per heavy atom. The Kier molecular flexibility index (Phi) is 12.5. The molecule has 0 aromatic rings. The topological polar surface area (TPSA) is 52.6 Å². The predicted molar refractivity (Wildman–Crippen MR) is 79.8 cm³/mol. The molecule has 0 bridgehead atoms. The van der Waals surface area contributed by atoms with Crippen LogP contribution in [0.4, 0.5) is 13.2 Å². The number of hydrogen-bond donors (Lipinski definition) is 0. The molecule has 0 saturated heterocycles. The summed E-state index contributed by atoms with van der Waals surface area (Å²) in [5.41, 5.74) is 0. The molecule has 7 heteroatoms. The van der Waals surface area contributed by atoms with Gasteiger partial charge in [-0.1, -0.05) is 51.9 Å². The van der Waals surface area contributed by atoms with Crippen LogP contribution in [0.15, 0.2) is 0 Å². The van der Waals surface area contributed by atoms with Crippen molar-refractivity contribution in [2.24, 2.45) is 0 Å². The maximum atomic E-state index is 11.8. The molecule has 0 N–H and O–H groups in total. The van der Waals surface area contributed by atoms with Crippen LogP contribution in [-0.4, -0.2) is 31.3 Å². The van der Waals surface area contributed by atoms with Gasteiger partial charge in [0.15, 0.2) is 6.61 Å². The van der Waals surface area contributed by atoms with E-state index in [0.29, 0.717) is 0 Å². The first-order valence-corrected chi connectivity index (χ1v) is 8.23. The molecule has 0 aliphatic heterocycles. The number of esters is 2.